The molecule has 29 heavy (non-hydrogen) atoms. The molecular formula is C22H29N5O2. The molecule has 0 saturated carbocycles. The number of H-pyrrole nitrogens is 1. The Hall–Kier alpha value is -2.41. The van der Waals surface area contributed by atoms with Crippen molar-refractivity contribution in [3.8, 4) is 0 Å². The number of likely N-dealkylation sites (N-methyl/N-ethyl adjacent to an activating group) is 1. The Morgan fingerprint density at radius 1 is 1.31 bits per heavy atom. The van der Waals surface area contributed by atoms with Crippen molar-refractivity contribution in [2.45, 2.75) is 51.1 Å². The van der Waals surface area contributed by atoms with E-state index in [-0.39, 0.29) is 23.4 Å². The molecule has 0 aliphatic carbocycles. The van der Waals surface area contributed by atoms with Crippen LogP contribution in [0.15, 0.2) is 23.0 Å². The van der Waals surface area contributed by atoms with Gasteiger partial charge in [0.25, 0.3) is 11.5 Å². The lowest BCUT2D eigenvalue weighted by Gasteiger charge is -2.47. The van der Waals surface area contributed by atoms with Gasteiger partial charge in [0.05, 0.1) is 0 Å². The summed E-state index contributed by atoms with van der Waals surface area (Å²) in [5, 5.41) is 7.52. The van der Waals surface area contributed by atoms with Gasteiger partial charge in [-0.1, -0.05) is 19.4 Å². The monoisotopic (exact) mass is 395 g/mol. The number of nitrogens with zero attached hydrogens (tertiary/aromatic N) is 4. The minimum atomic E-state index is 0.0366. The first-order valence-electron chi connectivity index (χ1n) is 10.8. The van der Waals surface area contributed by atoms with E-state index in [0.29, 0.717) is 24.7 Å². The number of amides is 1. The molecule has 1 N–H and O–H groups in total. The van der Waals surface area contributed by atoms with Gasteiger partial charge in [-0.05, 0) is 31.9 Å². The van der Waals surface area contributed by atoms with Gasteiger partial charge in [-0.15, -0.1) is 0 Å². The van der Waals surface area contributed by atoms with Gasteiger partial charge in [0.2, 0.25) is 0 Å². The van der Waals surface area contributed by atoms with Crippen LogP contribution in [-0.2, 0) is 13.0 Å². The van der Waals surface area contributed by atoms with E-state index < -0.39 is 0 Å². The normalized spacial score (nSPS) is 26.1. The van der Waals surface area contributed by atoms with Crippen LogP contribution in [0.1, 0.15) is 65.6 Å². The Balaban J connectivity index is 1.47. The van der Waals surface area contributed by atoms with Gasteiger partial charge in [-0.3, -0.25) is 14.7 Å². The highest BCUT2D eigenvalue weighted by atomic mass is 16.2. The Kier molecular flexibility index (Phi) is 4.57. The molecule has 7 nitrogen and oxygen atoms in total. The number of pyridine rings is 1. The Labute approximate surface area is 170 Å². The first-order chi connectivity index (χ1) is 14.1. The highest BCUT2D eigenvalue weighted by molar-refractivity contribution is 5.94. The molecule has 1 amide bonds. The van der Waals surface area contributed by atoms with Crippen LogP contribution in [0, 0.1) is 5.92 Å². The Morgan fingerprint density at radius 2 is 2.17 bits per heavy atom. The number of carbonyl (C=O) groups is 1. The fraction of sp³-hybridized carbons (Fsp3) is 0.591. The molecule has 1 fully saturated rings. The van der Waals surface area contributed by atoms with Gasteiger partial charge in [0.1, 0.15) is 0 Å². The standard InChI is InChI=1S/C22H29N5O2/c1-3-5-18-14-10-15(19-6-4-7-20(28)27(18)19)12-26(11-14)22(29)21-16-13-25(2)9-8-17(16)23-24-21/h4,6-7,14-15,18H,3,5,8-13H2,1-2H3,(H,23,24)/t14-,15+,18-/m0/s1. The van der Waals surface area contributed by atoms with Crippen molar-refractivity contribution in [1.82, 2.24) is 24.6 Å². The first kappa shape index (κ1) is 18.6. The third-order valence-electron chi connectivity index (χ3n) is 7.00. The molecule has 0 spiro atoms. The van der Waals surface area contributed by atoms with Gasteiger partial charge >= 0.3 is 0 Å². The Morgan fingerprint density at radius 3 is 3.00 bits per heavy atom. The number of nitrogens with one attached hydrogen (secondary N) is 1. The van der Waals surface area contributed by atoms with E-state index in [4.69, 9.17) is 0 Å². The number of hydrogen-bond donors (Lipinski definition) is 1. The van der Waals surface area contributed by atoms with Crippen LogP contribution >= 0.6 is 0 Å². The largest absolute Gasteiger partial charge is 0.336 e. The third kappa shape index (κ3) is 3.03. The number of aromatic amines is 1. The first-order valence-corrected chi connectivity index (χ1v) is 10.8. The molecule has 3 aliphatic rings. The summed E-state index contributed by atoms with van der Waals surface area (Å²) in [6.07, 6.45) is 3.96. The number of carbonyl (C=O) groups excluding carboxylic acids is 1. The SMILES string of the molecule is CCC[C@H]1[C@H]2C[C@H](CN(C(=O)c3n[nH]c4c3CN(C)CC4)C2)c2cccc(=O)n21. The van der Waals surface area contributed by atoms with E-state index in [1.165, 1.54) is 0 Å². The molecule has 1 saturated heterocycles. The molecule has 0 radical (unpaired) electrons. The van der Waals surface area contributed by atoms with Gasteiger partial charge < -0.3 is 14.4 Å². The predicted octanol–water partition coefficient (Wildman–Crippen LogP) is 2.16. The molecule has 3 atom stereocenters. The highest BCUT2D eigenvalue weighted by Crippen LogP contribution is 2.43. The van der Waals surface area contributed by atoms with Crippen LogP contribution in [0.2, 0.25) is 0 Å². The molecule has 2 aromatic heterocycles. The summed E-state index contributed by atoms with van der Waals surface area (Å²) in [7, 11) is 2.08. The van der Waals surface area contributed by atoms with Crippen LogP contribution in [0.25, 0.3) is 0 Å². The minimum absolute atomic E-state index is 0.0366. The summed E-state index contributed by atoms with van der Waals surface area (Å²) in [6.45, 7) is 5.29. The molecule has 0 aromatic carbocycles. The summed E-state index contributed by atoms with van der Waals surface area (Å²) in [4.78, 5) is 30.3. The van der Waals surface area contributed by atoms with Crippen LogP contribution in [0.5, 0.6) is 0 Å². The van der Waals surface area contributed by atoms with Crippen molar-refractivity contribution in [3.05, 3.63) is 51.2 Å². The summed E-state index contributed by atoms with van der Waals surface area (Å²) in [5.74, 6) is 0.578. The van der Waals surface area contributed by atoms with Crippen molar-refractivity contribution in [2.75, 3.05) is 26.7 Å². The number of likely N-dealkylation sites (tertiary alicyclic amines) is 1. The van der Waals surface area contributed by atoms with E-state index in [0.717, 1.165) is 55.7 Å². The molecule has 7 heteroatoms. The fourth-order valence-electron chi connectivity index (χ4n) is 5.63. The number of hydrogen-bond acceptors (Lipinski definition) is 4. The summed E-state index contributed by atoms with van der Waals surface area (Å²) in [6, 6.07) is 5.78. The lowest BCUT2D eigenvalue weighted by Crippen LogP contribution is -2.51. The molecule has 154 valence electrons. The zero-order valence-corrected chi connectivity index (χ0v) is 17.2. The number of fused-ring (bicyclic) bond motifs is 5. The van der Waals surface area contributed by atoms with Gasteiger partial charge in [-0.25, -0.2) is 0 Å². The lowest BCUT2D eigenvalue weighted by molar-refractivity contribution is 0.0511. The van der Waals surface area contributed by atoms with Crippen molar-refractivity contribution < 1.29 is 4.79 Å². The van der Waals surface area contributed by atoms with Gasteiger partial charge in [-0.2, -0.15) is 5.10 Å². The maximum Gasteiger partial charge on any atom is 0.274 e. The van der Waals surface area contributed by atoms with Crippen molar-refractivity contribution in [3.63, 3.8) is 0 Å². The Bertz CT molecular complexity index is 993. The van der Waals surface area contributed by atoms with E-state index in [9.17, 15) is 9.59 Å². The molecule has 5 rings (SSSR count). The van der Waals surface area contributed by atoms with Gasteiger partial charge in [0.15, 0.2) is 5.69 Å². The topological polar surface area (TPSA) is 74.2 Å². The quantitative estimate of drug-likeness (QED) is 0.864. The van der Waals surface area contributed by atoms with Crippen LogP contribution in [0.4, 0.5) is 0 Å². The fourth-order valence-corrected chi connectivity index (χ4v) is 5.63. The maximum absolute atomic E-state index is 13.5. The number of aromatic nitrogens is 3. The molecular weight excluding hydrogens is 366 g/mol. The number of rotatable bonds is 3. The van der Waals surface area contributed by atoms with E-state index >= 15 is 0 Å². The average Bonchev–Trinajstić information content (AvgIpc) is 3.13. The van der Waals surface area contributed by atoms with Crippen LogP contribution < -0.4 is 5.56 Å². The lowest BCUT2D eigenvalue weighted by atomic mass is 9.77. The van der Waals surface area contributed by atoms with Gasteiger partial charge in [0, 0.05) is 67.6 Å². The average molecular weight is 396 g/mol. The van der Waals surface area contributed by atoms with E-state index in [2.05, 4.69) is 35.1 Å². The summed E-state index contributed by atoms with van der Waals surface area (Å²) in [5.41, 5.74) is 3.93. The van der Waals surface area contributed by atoms with Crippen molar-refractivity contribution in [2.24, 2.45) is 5.92 Å². The predicted molar refractivity (Wildman–Crippen MR) is 110 cm³/mol. The van der Waals surface area contributed by atoms with Crippen molar-refractivity contribution in [1.29, 1.82) is 0 Å². The second-order valence-electron chi connectivity index (χ2n) is 8.93. The second-order valence-corrected chi connectivity index (χ2v) is 8.93. The second kappa shape index (κ2) is 7.13. The molecule has 3 aliphatic heterocycles. The van der Waals surface area contributed by atoms with Crippen LogP contribution in [0.3, 0.4) is 0 Å². The third-order valence-corrected chi connectivity index (χ3v) is 7.00. The zero-order chi connectivity index (χ0) is 20.1. The van der Waals surface area contributed by atoms with E-state index in [1.807, 2.05) is 15.5 Å². The summed E-state index contributed by atoms with van der Waals surface area (Å²) < 4.78 is 2.02. The van der Waals surface area contributed by atoms with Crippen molar-refractivity contribution >= 4 is 5.91 Å². The smallest absolute Gasteiger partial charge is 0.274 e. The molecule has 0 unspecified atom stereocenters. The maximum atomic E-state index is 13.5. The van der Waals surface area contributed by atoms with E-state index in [1.54, 1.807) is 6.07 Å². The zero-order valence-electron chi connectivity index (χ0n) is 17.2. The number of piperidine rings is 1. The highest BCUT2D eigenvalue weighted by Gasteiger charge is 2.42. The molecule has 2 aromatic rings. The molecule has 2 bridgehead atoms. The van der Waals surface area contributed by atoms with Crippen LogP contribution in [-0.4, -0.2) is 57.2 Å². The summed E-state index contributed by atoms with van der Waals surface area (Å²) >= 11 is 0. The minimum Gasteiger partial charge on any atom is -0.336 e. The molecule has 5 heterocycles.